The van der Waals surface area contributed by atoms with Crippen LogP contribution in [0.15, 0.2) is 35.1 Å². The van der Waals surface area contributed by atoms with Gasteiger partial charge in [0.1, 0.15) is 6.61 Å². The molecule has 0 radical (unpaired) electrons. The second kappa shape index (κ2) is 6.21. The van der Waals surface area contributed by atoms with Gasteiger partial charge in [0.15, 0.2) is 11.4 Å². The van der Waals surface area contributed by atoms with Crippen molar-refractivity contribution < 1.29 is 14.6 Å². The van der Waals surface area contributed by atoms with Crippen LogP contribution >= 0.6 is 0 Å². The number of ether oxygens (including phenoxy) is 1. The normalized spacial score (nSPS) is 25.4. The number of aliphatic hydroxyl groups excluding tert-OH is 1. The molecule has 2 atom stereocenters. The van der Waals surface area contributed by atoms with Gasteiger partial charge in [-0.05, 0) is 31.7 Å². The molecule has 1 spiro atoms. The van der Waals surface area contributed by atoms with Gasteiger partial charge in [0.05, 0.1) is 17.3 Å². The number of hydrogen-bond donors (Lipinski definition) is 1. The van der Waals surface area contributed by atoms with Crippen molar-refractivity contribution in [3.63, 3.8) is 0 Å². The van der Waals surface area contributed by atoms with E-state index in [0.717, 1.165) is 24.8 Å². The molecule has 6 heteroatoms. The minimum Gasteiger partial charge on any atom is -0.483 e. The van der Waals surface area contributed by atoms with Crippen LogP contribution in [0.4, 0.5) is 0 Å². The molecular formula is C22H24N2O4. The lowest BCUT2D eigenvalue weighted by molar-refractivity contribution is 0.0546. The van der Waals surface area contributed by atoms with E-state index < -0.39 is 6.10 Å². The molecule has 1 aromatic carbocycles. The average Bonchev–Trinajstić information content (AvgIpc) is 2.85. The quantitative estimate of drug-likeness (QED) is 0.888. The summed E-state index contributed by atoms with van der Waals surface area (Å²) < 4.78 is 7.95. The van der Waals surface area contributed by atoms with Crippen LogP contribution in [-0.4, -0.2) is 33.6 Å². The molecule has 1 fully saturated rings. The van der Waals surface area contributed by atoms with Gasteiger partial charge < -0.3 is 19.3 Å². The molecule has 2 bridgehead atoms. The summed E-state index contributed by atoms with van der Waals surface area (Å²) >= 11 is 0. The maximum absolute atomic E-state index is 13.3. The first kappa shape index (κ1) is 17.5. The number of pyridine rings is 1. The van der Waals surface area contributed by atoms with Gasteiger partial charge >= 0.3 is 0 Å². The summed E-state index contributed by atoms with van der Waals surface area (Å²) in [7, 11) is 0. The number of nitrogens with zero attached hydrogens (tertiary/aromatic N) is 2. The number of aliphatic hydroxyl groups is 1. The molecular weight excluding hydrogens is 356 g/mol. The number of carbonyl (C=O) groups is 1. The molecule has 4 heterocycles. The van der Waals surface area contributed by atoms with E-state index >= 15 is 0 Å². The Balaban J connectivity index is 1.70. The topological polar surface area (TPSA) is 71.8 Å². The number of amides is 1. The molecule has 2 aromatic rings. The van der Waals surface area contributed by atoms with Gasteiger partial charge in [-0.25, -0.2) is 0 Å². The van der Waals surface area contributed by atoms with Gasteiger partial charge in [-0.2, -0.15) is 0 Å². The van der Waals surface area contributed by atoms with E-state index in [1.165, 1.54) is 0 Å². The van der Waals surface area contributed by atoms with E-state index in [2.05, 4.69) is 0 Å². The lowest BCUT2D eigenvalue weighted by atomic mass is 9.88. The summed E-state index contributed by atoms with van der Waals surface area (Å²) in [5, 5.41) is 10.8. The van der Waals surface area contributed by atoms with Crippen LogP contribution in [0.5, 0.6) is 5.75 Å². The number of carbonyl (C=O) groups excluding carboxylic acids is 1. The molecule has 3 aliphatic heterocycles. The number of benzene rings is 1. The van der Waals surface area contributed by atoms with E-state index in [1.807, 2.05) is 39.8 Å². The first-order valence-electron chi connectivity index (χ1n) is 9.96. The van der Waals surface area contributed by atoms with E-state index in [9.17, 15) is 14.7 Å². The molecule has 3 aliphatic rings. The van der Waals surface area contributed by atoms with Crippen molar-refractivity contribution in [2.75, 3.05) is 13.1 Å². The number of fused-ring (bicyclic) bond motifs is 1. The first-order chi connectivity index (χ1) is 13.5. The first-order valence-corrected chi connectivity index (χ1v) is 9.96. The van der Waals surface area contributed by atoms with E-state index in [1.54, 1.807) is 6.92 Å². The Kier molecular flexibility index (Phi) is 3.88. The molecule has 0 saturated carbocycles. The third kappa shape index (κ3) is 2.37. The smallest absolute Gasteiger partial charge is 0.274 e. The summed E-state index contributed by atoms with van der Waals surface area (Å²) in [6, 6.07) is 9.62. The molecule has 1 N–H and O–H groups in total. The molecule has 1 saturated heterocycles. The third-order valence-corrected chi connectivity index (χ3v) is 6.50. The van der Waals surface area contributed by atoms with Crippen LogP contribution in [0.1, 0.15) is 59.1 Å². The molecule has 0 aliphatic carbocycles. The lowest BCUT2D eigenvalue weighted by Crippen LogP contribution is -2.52. The van der Waals surface area contributed by atoms with Crippen LogP contribution in [0.25, 0.3) is 0 Å². The van der Waals surface area contributed by atoms with Gasteiger partial charge in [-0.1, -0.05) is 30.3 Å². The Hall–Kier alpha value is -2.60. The van der Waals surface area contributed by atoms with Crippen molar-refractivity contribution in [1.29, 1.82) is 0 Å². The number of hydrogen-bond acceptors (Lipinski definition) is 4. The van der Waals surface area contributed by atoms with Crippen LogP contribution in [0, 0.1) is 6.92 Å². The highest BCUT2D eigenvalue weighted by Gasteiger charge is 2.52. The largest absolute Gasteiger partial charge is 0.483 e. The summed E-state index contributed by atoms with van der Waals surface area (Å²) in [4.78, 5) is 28.3. The molecule has 5 rings (SSSR count). The van der Waals surface area contributed by atoms with E-state index in [4.69, 9.17) is 4.74 Å². The van der Waals surface area contributed by atoms with Crippen LogP contribution in [-0.2, 0) is 12.1 Å². The Bertz CT molecular complexity index is 1010. The highest BCUT2D eigenvalue weighted by atomic mass is 16.5. The maximum atomic E-state index is 13.3. The summed E-state index contributed by atoms with van der Waals surface area (Å²) in [6.45, 7) is 3.25. The molecule has 1 aromatic heterocycles. The maximum Gasteiger partial charge on any atom is 0.274 e. The Morgan fingerprint density at radius 2 is 2.00 bits per heavy atom. The predicted octanol–water partition coefficient (Wildman–Crippen LogP) is 2.51. The molecule has 28 heavy (non-hydrogen) atoms. The van der Waals surface area contributed by atoms with Gasteiger partial charge in [-0.3, -0.25) is 9.59 Å². The minimum absolute atomic E-state index is 0.125. The second-order valence-electron chi connectivity index (χ2n) is 8.25. The zero-order valence-corrected chi connectivity index (χ0v) is 16.0. The molecule has 6 nitrogen and oxygen atoms in total. The Morgan fingerprint density at radius 1 is 1.21 bits per heavy atom. The van der Waals surface area contributed by atoms with Crippen molar-refractivity contribution >= 4 is 5.91 Å². The van der Waals surface area contributed by atoms with Crippen molar-refractivity contribution in [1.82, 2.24) is 9.47 Å². The van der Waals surface area contributed by atoms with Crippen molar-refractivity contribution in [2.45, 2.75) is 50.9 Å². The highest BCUT2D eigenvalue weighted by molar-refractivity contribution is 5.96. The van der Waals surface area contributed by atoms with Crippen molar-refractivity contribution in [2.24, 2.45) is 0 Å². The van der Waals surface area contributed by atoms with Gasteiger partial charge in [0, 0.05) is 25.1 Å². The summed E-state index contributed by atoms with van der Waals surface area (Å²) in [6.07, 6.45) is 2.67. The minimum atomic E-state index is -0.722. The highest BCUT2D eigenvalue weighted by Crippen LogP contribution is 2.49. The molecule has 146 valence electrons. The van der Waals surface area contributed by atoms with E-state index in [-0.39, 0.29) is 29.2 Å². The number of rotatable bonds is 3. The number of aromatic nitrogens is 1. The van der Waals surface area contributed by atoms with Crippen molar-refractivity contribution in [3.8, 4) is 5.75 Å². The van der Waals surface area contributed by atoms with Crippen LogP contribution < -0.4 is 10.2 Å². The molecule has 2 unspecified atom stereocenters. The standard InChI is InChI=1S/C22H24N2O4/c1-14-17-16(25)11-22-9-5-6-10-23(13-22)21(27)18(24(17)22)20(19(14)26)28-12-15-7-3-2-4-8-15/h2-4,7-8,16,25H,5-6,9-13H2,1H3. The average molecular weight is 380 g/mol. The SMILES string of the molecule is Cc1c2n3c(c(OCc4ccccc4)c1=O)C(=O)N1CCCCC3(CC2O)C1. The Morgan fingerprint density at radius 3 is 2.79 bits per heavy atom. The van der Waals surface area contributed by atoms with Crippen LogP contribution in [0.3, 0.4) is 0 Å². The second-order valence-corrected chi connectivity index (χ2v) is 8.25. The van der Waals surface area contributed by atoms with Crippen molar-refractivity contribution in [3.05, 3.63) is 63.1 Å². The zero-order valence-electron chi connectivity index (χ0n) is 16.0. The third-order valence-electron chi connectivity index (χ3n) is 6.50. The van der Waals surface area contributed by atoms with Gasteiger partial charge in [0.25, 0.3) is 5.91 Å². The fourth-order valence-electron chi connectivity index (χ4n) is 5.22. The fraction of sp³-hybridized carbons (Fsp3) is 0.455. The van der Waals surface area contributed by atoms with Gasteiger partial charge in [-0.15, -0.1) is 0 Å². The summed E-state index contributed by atoms with van der Waals surface area (Å²) in [5.74, 6) is -0.0341. The molecule has 1 amide bonds. The van der Waals surface area contributed by atoms with E-state index in [0.29, 0.717) is 36.5 Å². The zero-order chi connectivity index (χ0) is 19.5. The Labute approximate surface area is 163 Å². The predicted molar refractivity (Wildman–Crippen MR) is 104 cm³/mol. The lowest BCUT2D eigenvalue weighted by Gasteiger charge is -2.42. The van der Waals surface area contributed by atoms with Gasteiger partial charge in [0.2, 0.25) is 5.43 Å². The summed E-state index contributed by atoms with van der Waals surface area (Å²) in [5.41, 5.74) is 1.72. The van der Waals surface area contributed by atoms with Crippen LogP contribution in [0.2, 0.25) is 0 Å². The fourth-order valence-corrected chi connectivity index (χ4v) is 5.22. The monoisotopic (exact) mass is 380 g/mol.